The van der Waals surface area contributed by atoms with E-state index in [-0.39, 0.29) is 0 Å². The van der Waals surface area contributed by atoms with E-state index in [9.17, 15) is 0 Å². The van der Waals surface area contributed by atoms with E-state index in [0.717, 1.165) is 29.2 Å². The third-order valence-electron chi connectivity index (χ3n) is 3.99. The standard InChI is InChI=1S/C18H19N3O4/c1-12-5-6-24-17(12)18-20-19-16(25-18)11-21(2)10-13-3-4-14-15(9-13)23-8-7-22-14/h3-6,9H,7-8,10-11H2,1-2H3. The summed E-state index contributed by atoms with van der Waals surface area (Å²) in [4.78, 5) is 2.09. The molecule has 4 rings (SSSR count). The third-order valence-corrected chi connectivity index (χ3v) is 3.99. The highest BCUT2D eigenvalue weighted by Gasteiger charge is 2.16. The normalized spacial score (nSPS) is 13.4. The lowest BCUT2D eigenvalue weighted by Crippen LogP contribution is -2.18. The van der Waals surface area contributed by atoms with Gasteiger partial charge < -0.3 is 18.3 Å². The summed E-state index contributed by atoms with van der Waals surface area (Å²) in [5.74, 6) is 3.17. The van der Waals surface area contributed by atoms with Crippen molar-refractivity contribution in [3.8, 4) is 23.1 Å². The minimum Gasteiger partial charge on any atom is -0.486 e. The lowest BCUT2D eigenvalue weighted by molar-refractivity contribution is 0.171. The molecular weight excluding hydrogens is 322 g/mol. The second kappa shape index (κ2) is 6.60. The highest BCUT2D eigenvalue weighted by molar-refractivity contribution is 5.49. The van der Waals surface area contributed by atoms with E-state index < -0.39 is 0 Å². The van der Waals surface area contributed by atoms with Crippen molar-refractivity contribution in [1.82, 2.24) is 15.1 Å². The molecular formula is C18H19N3O4. The van der Waals surface area contributed by atoms with Gasteiger partial charge in [0.2, 0.25) is 5.89 Å². The summed E-state index contributed by atoms with van der Waals surface area (Å²) in [6.07, 6.45) is 1.61. The molecule has 1 aliphatic heterocycles. The summed E-state index contributed by atoms with van der Waals surface area (Å²) in [6.45, 7) is 4.40. The molecule has 3 aromatic rings. The van der Waals surface area contributed by atoms with Crippen LogP contribution >= 0.6 is 0 Å². The smallest absolute Gasteiger partial charge is 0.283 e. The van der Waals surface area contributed by atoms with Crippen molar-refractivity contribution in [2.24, 2.45) is 0 Å². The highest BCUT2D eigenvalue weighted by Crippen LogP contribution is 2.31. The van der Waals surface area contributed by atoms with Gasteiger partial charge in [-0.15, -0.1) is 10.2 Å². The Balaban J connectivity index is 1.42. The van der Waals surface area contributed by atoms with Crippen molar-refractivity contribution in [2.75, 3.05) is 20.3 Å². The molecule has 7 heteroatoms. The van der Waals surface area contributed by atoms with Crippen LogP contribution < -0.4 is 9.47 Å². The van der Waals surface area contributed by atoms with E-state index in [4.69, 9.17) is 18.3 Å². The molecule has 0 spiro atoms. The quantitative estimate of drug-likeness (QED) is 0.706. The Morgan fingerprint density at radius 1 is 1.04 bits per heavy atom. The summed E-state index contributed by atoms with van der Waals surface area (Å²) < 4.78 is 22.3. The predicted octanol–water partition coefficient (Wildman–Crippen LogP) is 3.04. The highest BCUT2D eigenvalue weighted by atomic mass is 16.6. The molecule has 130 valence electrons. The van der Waals surface area contributed by atoms with E-state index in [1.165, 1.54) is 0 Å². The summed E-state index contributed by atoms with van der Waals surface area (Å²) in [6, 6.07) is 7.86. The first-order chi connectivity index (χ1) is 12.2. The van der Waals surface area contributed by atoms with Gasteiger partial charge in [-0.3, -0.25) is 4.90 Å². The number of ether oxygens (including phenoxy) is 2. The van der Waals surface area contributed by atoms with Crippen LogP contribution in [0.15, 0.2) is 39.4 Å². The maximum Gasteiger partial charge on any atom is 0.283 e. The molecule has 0 atom stereocenters. The molecule has 3 heterocycles. The zero-order chi connectivity index (χ0) is 17.2. The summed E-state index contributed by atoms with van der Waals surface area (Å²) in [5, 5.41) is 8.17. The number of benzene rings is 1. The van der Waals surface area contributed by atoms with Gasteiger partial charge in [-0.1, -0.05) is 6.07 Å². The predicted molar refractivity (Wildman–Crippen MR) is 89.3 cm³/mol. The van der Waals surface area contributed by atoms with Crippen LogP contribution in [0.2, 0.25) is 0 Å². The fraction of sp³-hybridized carbons (Fsp3) is 0.333. The average molecular weight is 341 g/mol. The fourth-order valence-corrected chi connectivity index (χ4v) is 2.79. The Morgan fingerprint density at radius 3 is 2.68 bits per heavy atom. The van der Waals surface area contributed by atoms with Crippen molar-refractivity contribution >= 4 is 0 Å². The van der Waals surface area contributed by atoms with E-state index in [2.05, 4.69) is 15.1 Å². The number of hydrogen-bond donors (Lipinski definition) is 0. The van der Waals surface area contributed by atoms with Crippen molar-refractivity contribution in [2.45, 2.75) is 20.0 Å². The van der Waals surface area contributed by atoms with Gasteiger partial charge in [-0.05, 0) is 37.7 Å². The van der Waals surface area contributed by atoms with Gasteiger partial charge in [0.1, 0.15) is 13.2 Å². The zero-order valence-electron chi connectivity index (χ0n) is 14.2. The van der Waals surface area contributed by atoms with Gasteiger partial charge >= 0.3 is 0 Å². The first-order valence-electron chi connectivity index (χ1n) is 8.13. The third kappa shape index (κ3) is 3.36. The molecule has 1 aliphatic rings. The molecule has 2 aromatic heterocycles. The molecule has 0 saturated carbocycles. The Labute approximate surface area is 145 Å². The molecule has 0 fully saturated rings. The van der Waals surface area contributed by atoms with Crippen LogP contribution in [-0.4, -0.2) is 35.4 Å². The maximum absolute atomic E-state index is 5.71. The Hall–Kier alpha value is -2.80. The van der Waals surface area contributed by atoms with Crippen molar-refractivity contribution in [3.05, 3.63) is 47.5 Å². The van der Waals surface area contributed by atoms with Crippen LogP contribution in [0.4, 0.5) is 0 Å². The first-order valence-corrected chi connectivity index (χ1v) is 8.13. The molecule has 0 unspecified atom stereocenters. The first kappa shape index (κ1) is 15.7. The molecule has 0 N–H and O–H groups in total. The van der Waals surface area contributed by atoms with Crippen molar-refractivity contribution < 1.29 is 18.3 Å². The molecule has 0 radical (unpaired) electrons. The van der Waals surface area contributed by atoms with Crippen molar-refractivity contribution in [3.63, 3.8) is 0 Å². The van der Waals surface area contributed by atoms with Crippen LogP contribution in [0.3, 0.4) is 0 Å². The van der Waals surface area contributed by atoms with Crippen LogP contribution in [0.5, 0.6) is 11.5 Å². The number of furan rings is 1. The zero-order valence-corrected chi connectivity index (χ0v) is 14.2. The summed E-state index contributed by atoms with van der Waals surface area (Å²) in [7, 11) is 2.00. The number of aromatic nitrogens is 2. The lowest BCUT2D eigenvalue weighted by Gasteiger charge is -2.20. The average Bonchev–Trinajstić information content (AvgIpc) is 3.23. The van der Waals surface area contributed by atoms with E-state index in [1.807, 2.05) is 38.2 Å². The monoisotopic (exact) mass is 341 g/mol. The van der Waals surface area contributed by atoms with Gasteiger partial charge in [0, 0.05) is 12.1 Å². The second-order valence-electron chi connectivity index (χ2n) is 6.08. The maximum atomic E-state index is 5.71. The fourth-order valence-electron chi connectivity index (χ4n) is 2.79. The number of rotatable bonds is 5. The number of fused-ring (bicyclic) bond motifs is 1. The van der Waals surface area contributed by atoms with Crippen LogP contribution in [0, 0.1) is 6.92 Å². The Bertz CT molecular complexity index is 871. The Morgan fingerprint density at radius 2 is 1.88 bits per heavy atom. The summed E-state index contributed by atoms with van der Waals surface area (Å²) in [5.41, 5.74) is 2.10. The Kier molecular flexibility index (Phi) is 4.15. The van der Waals surface area contributed by atoms with Crippen molar-refractivity contribution in [1.29, 1.82) is 0 Å². The molecule has 0 amide bonds. The summed E-state index contributed by atoms with van der Waals surface area (Å²) >= 11 is 0. The molecule has 25 heavy (non-hydrogen) atoms. The van der Waals surface area contributed by atoms with Gasteiger partial charge in [0.25, 0.3) is 5.89 Å². The van der Waals surface area contributed by atoms with Gasteiger partial charge in [0.05, 0.1) is 12.8 Å². The van der Waals surface area contributed by atoms with E-state index >= 15 is 0 Å². The number of hydrogen-bond acceptors (Lipinski definition) is 7. The lowest BCUT2D eigenvalue weighted by atomic mass is 10.2. The molecule has 1 aromatic carbocycles. The minimum absolute atomic E-state index is 0.408. The minimum atomic E-state index is 0.408. The second-order valence-corrected chi connectivity index (χ2v) is 6.08. The number of nitrogens with zero attached hydrogens (tertiary/aromatic N) is 3. The van der Waals surface area contributed by atoms with Gasteiger partial charge in [0.15, 0.2) is 17.3 Å². The number of aryl methyl sites for hydroxylation is 1. The van der Waals surface area contributed by atoms with Gasteiger partial charge in [-0.25, -0.2) is 0 Å². The van der Waals surface area contributed by atoms with Crippen LogP contribution in [0.1, 0.15) is 17.0 Å². The SMILES string of the molecule is Cc1ccoc1-c1nnc(CN(C)Cc2ccc3c(c2)OCCO3)o1. The van der Waals surface area contributed by atoms with E-state index in [0.29, 0.717) is 37.3 Å². The molecule has 0 aliphatic carbocycles. The molecule has 7 nitrogen and oxygen atoms in total. The van der Waals surface area contributed by atoms with Gasteiger partial charge in [-0.2, -0.15) is 0 Å². The van der Waals surface area contributed by atoms with Crippen LogP contribution in [0.25, 0.3) is 11.7 Å². The topological polar surface area (TPSA) is 73.8 Å². The molecule has 0 bridgehead atoms. The largest absolute Gasteiger partial charge is 0.486 e. The molecule has 0 saturated heterocycles. The van der Waals surface area contributed by atoms with Crippen LogP contribution in [-0.2, 0) is 13.1 Å². The van der Waals surface area contributed by atoms with E-state index in [1.54, 1.807) is 6.26 Å².